The van der Waals surface area contributed by atoms with Crippen LogP contribution in [-0.2, 0) is 27.3 Å². The summed E-state index contributed by atoms with van der Waals surface area (Å²) in [7, 11) is 1.81. The van der Waals surface area contributed by atoms with E-state index in [1.807, 2.05) is 37.9 Å². The quantitative estimate of drug-likeness (QED) is 0.597. The van der Waals surface area contributed by atoms with Crippen LogP contribution in [0.1, 0.15) is 17.5 Å². The fourth-order valence-corrected chi connectivity index (χ4v) is 3.00. The fraction of sp³-hybridized carbons (Fsp3) is 0.450. The number of carboxylic acid groups (broad SMARTS) is 2. The van der Waals surface area contributed by atoms with Crippen molar-refractivity contribution in [2.24, 2.45) is 0 Å². The van der Waals surface area contributed by atoms with Crippen LogP contribution in [-0.4, -0.2) is 70.2 Å². The lowest BCUT2D eigenvalue weighted by Gasteiger charge is -2.27. The summed E-state index contributed by atoms with van der Waals surface area (Å²) < 4.78 is 74.3. The molecule has 0 radical (unpaired) electrons. The zero-order valence-electron chi connectivity index (χ0n) is 17.7. The van der Waals surface area contributed by atoms with E-state index in [1.54, 1.807) is 6.26 Å². The normalized spacial score (nSPS) is 18.3. The molecule has 1 saturated heterocycles. The maximum absolute atomic E-state index is 10.6. The Bertz CT molecular complexity index is 850. The van der Waals surface area contributed by atoms with E-state index in [1.165, 1.54) is 11.1 Å². The van der Waals surface area contributed by atoms with Crippen molar-refractivity contribution in [3.63, 3.8) is 0 Å². The number of nitrogens with zero attached hydrogens (tertiary/aromatic N) is 2. The van der Waals surface area contributed by atoms with Crippen LogP contribution in [0, 0.1) is 0 Å². The Hall–Kier alpha value is -3.13. The number of likely N-dealkylation sites (tertiary alicyclic amines) is 1. The van der Waals surface area contributed by atoms with Crippen LogP contribution in [0.3, 0.4) is 0 Å². The van der Waals surface area contributed by atoms with Crippen molar-refractivity contribution >= 4 is 11.9 Å². The molecule has 8 nitrogen and oxygen atoms in total. The van der Waals surface area contributed by atoms with Crippen LogP contribution in [0.5, 0.6) is 0 Å². The highest BCUT2D eigenvalue weighted by atomic mass is 19.4. The molecule has 190 valence electrons. The highest BCUT2D eigenvalue weighted by Gasteiger charge is 2.39. The number of carboxylic acids is 2. The zero-order chi connectivity index (χ0) is 25.9. The maximum Gasteiger partial charge on any atom is 0.490 e. The van der Waals surface area contributed by atoms with Crippen molar-refractivity contribution in [2.75, 3.05) is 13.7 Å². The molecule has 0 bridgehead atoms. The molecule has 3 rings (SSSR count). The second-order valence-electron chi connectivity index (χ2n) is 6.90. The van der Waals surface area contributed by atoms with Gasteiger partial charge < -0.3 is 19.4 Å². The molecule has 34 heavy (non-hydrogen) atoms. The minimum atomic E-state index is -5.08. The molecule has 0 aromatic carbocycles. The third-order valence-electron chi connectivity index (χ3n) is 4.52. The molecule has 0 spiro atoms. The van der Waals surface area contributed by atoms with Crippen LogP contribution in [0.4, 0.5) is 26.3 Å². The molecule has 14 heteroatoms. The highest BCUT2D eigenvalue weighted by Crippen LogP contribution is 2.25. The number of halogens is 6. The van der Waals surface area contributed by atoms with Gasteiger partial charge in [-0.2, -0.15) is 26.3 Å². The summed E-state index contributed by atoms with van der Waals surface area (Å²) in [5, 5.41) is 14.2. The molecule has 0 aliphatic carbocycles. The van der Waals surface area contributed by atoms with Gasteiger partial charge in [0.15, 0.2) is 0 Å². The lowest BCUT2D eigenvalue weighted by atomic mass is 10.0. The van der Waals surface area contributed by atoms with Gasteiger partial charge in [0.2, 0.25) is 0 Å². The van der Waals surface area contributed by atoms with Gasteiger partial charge in [-0.05, 0) is 30.5 Å². The third-order valence-corrected chi connectivity index (χ3v) is 4.52. The zero-order valence-corrected chi connectivity index (χ0v) is 17.7. The van der Waals surface area contributed by atoms with E-state index in [4.69, 9.17) is 29.0 Å². The number of hydrogen-bond acceptors (Lipinski definition) is 6. The number of methoxy groups -OCH3 is 1. The van der Waals surface area contributed by atoms with Gasteiger partial charge in [0, 0.05) is 44.2 Å². The monoisotopic (exact) mass is 500 g/mol. The summed E-state index contributed by atoms with van der Waals surface area (Å²) in [6.07, 6.45) is -0.502. The average Bonchev–Trinajstić information content (AvgIpc) is 3.39. The van der Waals surface area contributed by atoms with Gasteiger partial charge in [0.25, 0.3) is 0 Å². The maximum atomic E-state index is 10.6. The molecule has 0 saturated carbocycles. The van der Waals surface area contributed by atoms with E-state index < -0.39 is 24.3 Å². The molecule has 2 aromatic rings. The summed E-state index contributed by atoms with van der Waals surface area (Å²) in [6, 6.07) is 6.56. The number of hydrogen-bond donors (Lipinski definition) is 2. The summed E-state index contributed by atoms with van der Waals surface area (Å²) >= 11 is 0. The Kier molecular flexibility index (Phi) is 11.0. The number of carbonyl (C=O) groups is 2. The standard InChI is InChI=1S/C16H20N2O2.2C2HF3O2/c1-19-16-4-7-18(11-14-5-8-20-12-14)15(16)9-13-3-2-6-17-10-13;2*3-2(4,5)1(6)7/h2-3,5-6,8,10,12,15-16H,4,7,9,11H2,1H3;2*(H,6,7)/t15-,16+;;/m0../s1. The van der Waals surface area contributed by atoms with E-state index in [-0.39, 0.29) is 0 Å². The molecule has 0 amide bonds. The Morgan fingerprint density at radius 3 is 2.12 bits per heavy atom. The van der Waals surface area contributed by atoms with Crippen molar-refractivity contribution in [1.29, 1.82) is 0 Å². The van der Waals surface area contributed by atoms with Crippen molar-refractivity contribution < 1.29 is 55.3 Å². The van der Waals surface area contributed by atoms with Crippen LogP contribution in [0.25, 0.3) is 0 Å². The van der Waals surface area contributed by atoms with Gasteiger partial charge >= 0.3 is 24.3 Å². The number of aromatic nitrogens is 1. The fourth-order valence-electron chi connectivity index (χ4n) is 3.00. The molecule has 2 atom stereocenters. The second kappa shape index (κ2) is 12.9. The number of rotatable bonds is 5. The number of pyridine rings is 1. The van der Waals surface area contributed by atoms with Crippen molar-refractivity contribution in [3.8, 4) is 0 Å². The van der Waals surface area contributed by atoms with E-state index in [0.29, 0.717) is 12.1 Å². The average molecular weight is 500 g/mol. The number of ether oxygens (including phenoxy) is 1. The Balaban J connectivity index is 0.000000343. The summed E-state index contributed by atoms with van der Waals surface area (Å²) in [6.45, 7) is 1.98. The Labute approximate surface area is 189 Å². The molecule has 0 unspecified atom stereocenters. The summed E-state index contributed by atoms with van der Waals surface area (Å²) in [5.41, 5.74) is 2.48. The molecular weight excluding hydrogens is 478 g/mol. The Morgan fingerprint density at radius 2 is 1.71 bits per heavy atom. The van der Waals surface area contributed by atoms with Gasteiger partial charge in [0.1, 0.15) is 0 Å². The predicted molar refractivity (Wildman–Crippen MR) is 104 cm³/mol. The summed E-state index contributed by atoms with van der Waals surface area (Å²) in [4.78, 5) is 24.5. The van der Waals surface area contributed by atoms with Crippen LogP contribution >= 0.6 is 0 Å². The number of alkyl halides is 6. The van der Waals surface area contributed by atoms with E-state index in [2.05, 4.69) is 16.0 Å². The lowest BCUT2D eigenvalue weighted by Crippen LogP contribution is -2.37. The number of aliphatic carboxylic acids is 2. The first-order valence-electron chi connectivity index (χ1n) is 9.52. The third kappa shape index (κ3) is 10.2. The number of furan rings is 1. The first-order chi connectivity index (χ1) is 15.8. The SMILES string of the molecule is CO[C@@H]1CCN(Cc2ccoc2)[C@H]1Cc1cccnc1.O=C(O)C(F)(F)F.O=C(O)C(F)(F)F. The first kappa shape index (κ1) is 28.9. The van der Waals surface area contributed by atoms with E-state index in [9.17, 15) is 26.3 Å². The van der Waals surface area contributed by atoms with Crippen molar-refractivity contribution in [1.82, 2.24) is 9.88 Å². The van der Waals surface area contributed by atoms with E-state index in [0.717, 1.165) is 25.9 Å². The van der Waals surface area contributed by atoms with Gasteiger partial charge in [-0.1, -0.05) is 6.07 Å². The topological polar surface area (TPSA) is 113 Å². The van der Waals surface area contributed by atoms with Gasteiger partial charge in [0.05, 0.1) is 18.6 Å². The Morgan fingerprint density at radius 1 is 1.12 bits per heavy atom. The molecular formula is C20H22F6N2O6. The summed E-state index contributed by atoms with van der Waals surface area (Å²) in [5.74, 6) is -5.51. The highest BCUT2D eigenvalue weighted by molar-refractivity contribution is 5.73. The van der Waals surface area contributed by atoms with Crippen LogP contribution in [0.2, 0.25) is 0 Å². The van der Waals surface area contributed by atoms with Crippen molar-refractivity contribution in [2.45, 2.75) is 43.9 Å². The largest absolute Gasteiger partial charge is 0.490 e. The first-order valence-corrected chi connectivity index (χ1v) is 9.52. The smallest absolute Gasteiger partial charge is 0.475 e. The minimum Gasteiger partial charge on any atom is -0.475 e. The molecule has 1 aliphatic heterocycles. The molecule has 1 aliphatic rings. The van der Waals surface area contributed by atoms with Crippen LogP contribution < -0.4 is 0 Å². The van der Waals surface area contributed by atoms with Gasteiger partial charge in [-0.15, -0.1) is 0 Å². The molecule has 1 fully saturated rings. The molecule has 2 N–H and O–H groups in total. The van der Waals surface area contributed by atoms with Gasteiger partial charge in [-0.3, -0.25) is 9.88 Å². The van der Waals surface area contributed by atoms with Crippen LogP contribution in [0.15, 0.2) is 47.5 Å². The predicted octanol–water partition coefficient (Wildman–Crippen LogP) is 3.77. The van der Waals surface area contributed by atoms with E-state index >= 15 is 0 Å². The minimum absolute atomic E-state index is 0.294. The molecule has 3 heterocycles. The molecule has 2 aromatic heterocycles. The second-order valence-corrected chi connectivity index (χ2v) is 6.90. The lowest BCUT2D eigenvalue weighted by molar-refractivity contribution is -0.193. The van der Waals surface area contributed by atoms with Gasteiger partial charge in [-0.25, -0.2) is 9.59 Å². The van der Waals surface area contributed by atoms with Crippen molar-refractivity contribution in [3.05, 3.63) is 54.2 Å².